The zero-order chi connectivity index (χ0) is 19.3. The molecule has 0 spiro atoms. The van der Waals surface area contributed by atoms with Gasteiger partial charge in [-0.05, 0) is 30.7 Å². The number of fused-ring (bicyclic) bond motifs is 3. The van der Waals surface area contributed by atoms with Crippen molar-refractivity contribution in [1.29, 1.82) is 0 Å². The first-order valence-electron chi connectivity index (χ1n) is 9.52. The molecule has 2 aliphatic heterocycles. The van der Waals surface area contributed by atoms with E-state index in [4.69, 9.17) is 9.84 Å². The molecule has 0 aliphatic carbocycles. The molecule has 3 nitrogen and oxygen atoms in total. The number of hydrazone groups is 1. The van der Waals surface area contributed by atoms with Crippen LogP contribution in [-0.4, -0.2) is 10.7 Å². The number of rotatable bonds is 2. The highest BCUT2D eigenvalue weighted by molar-refractivity contribution is 9.10. The minimum absolute atomic E-state index is 0.162. The van der Waals surface area contributed by atoms with Crippen LogP contribution in [-0.2, 0) is 5.72 Å². The van der Waals surface area contributed by atoms with Crippen LogP contribution in [0.5, 0.6) is 5.75 Å². The van der Waals surface area contributed by atoms with Crippen molar-refractivity contribution >= 4 is 21.6 Å². The monoisotopic (exact) mass is 432 g/mol. The third-order valence-corrected chi connectivity index (χ3v) is 6.23. The van der Waals surface area contributed by atoms with Gasteiger partial charge in [0.1, 0.15) is 5.75 Å². The molecule has 0 fully saturated rings. The van der Waals surface area contributed by atoms with E-state index in [-0.39, 0.29) is 6.04 Å². The Hall–Kier alpha value is -2.59. The fourth-order valence-corrected chi connectivity index (χ4v) is 4.39. The van der Waals surface area contributed by atoms with Gasteiger partial charge < -0.3 is 4.74 Å². The summed E-state index contributed by atoms with van der Waals surface area (Å²) in [6.45, 7) is 4.22. The summed E-state index contributed by atoms with van der Waals surface area (Å²) >= 11 is 3.53. The summed E-state index contributed by atoms with van der Waals surface area (Å²) in [5.41, 5.74) is 5.16. The Labute approximate surface area is 173 Å². The first-order chi connectivity index (χ1) is 13.5. The molecule has 0 saturated carbocycles. The van der Waals surface area contributed by atoms with Crippen LogP contribution >= 0.6 is 15.9 Å². The number of ether oxygens (including phenoxy) is 1. The molecule has 2 aliphatic rings. The van der Waals surface area contributed by atoms with E-state index in [1.54, 1.807) is 0 Å². The highest BCUT2D eigenvalue weighted by atomic mass is 79.9. The summed E-state index contributed by atoms with van der Waals surface area (Å²) in [6.07, 6.45) is 0.871. The Morgan fingerprint density at radius 2 is 1.71 bits per heavy atom. The van der Waals surface area contributed by atoms with Crippen molar-refractivity contribution < 1.29 is 4.74 Å². The van der Waals surface area contributed by atoms with Crippen LogP contribution in [0.15, 0.2) is 82.4 Å². The van der Waals surface area contributed by atoms with Crippen molar-refractivity contribution in [2.24, 2.45) is 5.10 Å². The first kappa shape index (κ1) is 17.5. The lowest BCUT2D eigenvalue weighted by atomic mass is 9.92. The van der Waals surface area contributed by atoms with Crippen molar-refractivity contribution in [1.82, 2.24) is 5.01 Å². The maximum absolute atomic E-state index is 6.57. The molecule has 0 unspecified atom stereocenters. The van der Waals surface area contributed by atoms with E-state index >= 15 is 0 Å². The van der Waals surface area contributed by atoms with E-state index in [0.29, 0.717) is 0 Å². The summed E-state index contributed by atoms with van der Waals surface area (Å²) in [5, 5.41) is 7.22. The molecule has 0 radical (unpaired) electrons. The number of halogens is 1. The molecule has 5 rings (SSSR count). The maximum Gasteiger partial charge on any atom is 0.221 e. The van der Waals surface area contributed by atoms with Crippen molar-refractivity contribution in [3.8, 4) is 5.75 Å². The quantitative estimate of drug-likeness (QED) is 0.483. The van der Waals surface area contributed by atoms with E-state index < -0.39 is 5.72 Å². The third kappa shape index (κ3) is 2.75. The lowest BCUT2D eigenvalue weighted by Gasteiger charge is -2.46. The van der Waals surface area contributed by atoms with Gasteiger partial charge in [0.2, 0.25) is 5.72 Å². The summed E-state index contributed by atoms with van der Waals surface area (Å²) < 4.78 is 7.62. The summed E-state index contributed by atoms with van der Waals surface area (Å²) in [7, 11) is 0. The van der Waals surface area contributed by atoms with Crippen LogP contribution in [0.25, 0.3) is 0 Å². The van der Waals surface area contributed by atoms with Crippen LogP contribution in [0.4, 0.5) is 0 Å². The standard InChI is InChI=1S/C24H21BrN2O/c1-16-7-9-17(10-8-16)21-15-22-20-5-3-4-6-23(20)28-24(2,27(22)26-21)18-11-13-19(25)14-12-18/h3-14,22H,15H2,1-2H3/t22-,24-/m1/s1. The van der Waals surface area contributed by atoms with E-state index in [0.717, 1.165) is 27.9 Å². The summed E-state index contributed by atoms with van der Waals surface area (Å²) in [5.74, 6) is 0.939. The molecule has 2 heterocycles. The van der Waals surface area contributed by atoms with Gasteiger partial charge in [0.05, 0.1) is 11.8 Å². The maximum atomic E-state index is 6.57. The van der Waals surface area contributed by atoms with Gasteiger partial charge in [0.15, 0.2) is 0 Å². The van der Waals surface area contributed by atoms with Crippen molar-refractivity contribution in [3.63, 3.8) is 0 Å². The lowest BCUT2D eigenvalue weighted by Crippen LogP contribution is -2.48. The molecule has 28 heavy (non-hydrogen) atoms. The minimum Gasteiger partial charge on any atom is -0.462 e. The molecule has 4 heteroatoms. The van der Waals surface area contributed by atoms with Crippen molar-refractivity contribution in [2.45, 2.75) is 32.0 Å². The van der Waals surface area contributed by atoms with E-state index in [1.807, 2.05) is 6.07 Å². The Morgan fingerprint density at radius 1 is 1.00 bits per heavy atom. The molecular formula is C24H21BrN2O. The van der Waals surface area contributed by atoms with Gasteiger partial charge >= 0.3 is 0 Å². The molecule has 3 aromatic carbocycles. The Kier molecular flexibility index (Phi) is 4.06. The minimum atomic E-state index is -0.661. The van der Waals surface area contributed by atoms with Crippen LogP contribution < -0.4 is 4.74 Å². The zero-order valence-corrected chi connectivity index (χ0v) is 17.5. The fraction of sp³-hybridized carbons (Fsp3) is 0.208. The number of para-hydroxylation sites is 1. The Balaban J connectivity index is 1.64. The van der Waals surface area contributed by atoms with Gasteiger partial charge in [-0.25, -0.2) is 5.01 Å². The van der Waals surface area contributed by atoms with Gasteiger partial charge in [-0.2, -0.15) is 5.10 Å². The smallest absolute Gasteiger partial charge is 0.221 e. The summed E-state index contributed by atoms with van der Waals surface area (Å²) in [4.78, 5) is 0. The largest absolute Gasteiger partial charge is 0.462 e. The topological polar surface area (TPSA) is 24.8 Å². The van der Waals surface area contributed by atoms with Gasteiger partial charge in [-0.1, -0.05) is 76.1 Å². The first-order valence-corrected chi connectivity index (χ1v) is 10.3. The second kappa shape index (κ2) is 6.49. The molecule has 0 amide bonds. The van der Waals surface area contributed by atoms with E-state index in [1.165, 1.54) is 16.7 Å². The second-order valence-electron chi connectivity index (χ2n) is 7.61. The predicted molar refractivity (Wildman–Crippen MR) is 115 cm³/mol. The normalized spacial score (nSPS) is 22.9. The van der Waals surface area contributed by atoms with E-state index in [9.17, 15) is 0 Å². The zero-order valence-electron chi connectivity index (χ0n) is 15.9. The second-order valence-corrected chi connectivity index (χ2v) is 8.52. The van der Waals surface area contributed by atoms with Crippen molar-refractivity contribution in [3.05, 3.63) is 99.5 Å². The predicted octanol–water partition coefficient (Wildman–Crippen LogP) is 6.17. The van der Waals surface area contributed by atoms with Gasteiger partial charge in [0, 0.05) is 28.9 Å². The molecule has 0 N–H and O–H groups in total. The fourth-order valence-electron chi connectivity index (χ4n) is 4.13. The Morgan fingerprint density at radius 3 is 2.46 bits per heavy atom. The van der Waals surface area contributed by atoms with Crippen LogP contribution in [0, 0.1) is 6.92 Å². The van der Waals surface area contributed by atoms with Crippen LogP contribution in [0.1, 0.15) is 41.6 Å². The average molecular weight is 433 g/mol. The number of hydrogen-bond acceptors (Lipinski definition) is 3. The average Bonchev–Trinajstić information content (AvgIpc) is 3.16. The van der Waals surface area contributed by atoms with E-state index in [2.05, 4.69) is 102 Å². The highest BCUT2D eigenvalue weighted by Gasteiger charge is 2.48. The third-order valence-electron chi connectivity index (χ3n) is 5.70. The number of aryl methyl sites for hydroxylation is 1. The molecule has 0 bridgehead atoms. The molecule has 2 atom stereocenters. The van der Waals surface area contributed by atoms with Gasteiger partial charge in [-0.3, -0.25) is 0 Å². The van der Waals surface area contributed by atoms with Gasteiger partial charge in [0.25, 0.3) is 0 Å². The number of hydrogen-bond donors (Lipinski definition) is 0. The molecule has 140 valence electrons. The lowest BCUT2D eigenvalue weighted by molar-refractivity contribution is -0.112. The van der Waals surface area contributed by atoms with Crippen LogP contribution in [0.3, 0.4) is 0 Å². The summed E-state index contributed by atoms with van der Waals surface area (Å²) in [6, 6.07) is 25.4. The SMILES string of the molecule is Cc1ccc(C2=NN3[C@H](C2)c2ccccc2O[C@]3(C)c2ccc(Br)cc2)cc1. The highest BCUT2D eigenvalue weighted by Crippen LogP contribution is 2.50. The molecule has 0 saturated heterocycles. The molecule has 0 aromatic heterocycles. The van der Waals surface area contributed by atoms with Crippen molar-refractivity contribution in [2.75, 3.05) is 0 Å². The number of nitrogens with zero attached hydrogens (tertiary/aromatic N) is 2. The van der Waals surface area contributed by atoms with Gasteiger partial charge in [-0.15, -0.1) is 0 Å². The Bertz CT molecular complexity index is 1060. The molecule has 3 aromatic rings. The number of benzene rings is 3. The van der Waals surface area contributed by atoms with Crippen LogP contribution in [0.2, 0.25) is 0 Å². The molecular weight excluding hydrogens is 412 g/mol.